The first kappa shape index (κ1) is 24.6. The Balaban J connectivity index is 1.44. The Morgan fingerprint density at radius 1 is 0.697 bits per heavy atom. The van der Waals surface area contributed by atoms with E-state index in [1.165, 1.54) is 44.9 Å². The molecule has 5 rings (SSSR count). The lowest BCUT2D eigenvalue weighted by Gasteiger charge is -2.70. The lowest BCUT2D eigenvalue weighted by molar-refractivity contribution is -0.227. The van der Waals surface area contributed by atoms with Gasteiger partial charge in [0.25, 0.3) is 0 Å². The van der Waals surface area contributed by atoms with Crippen LogP contribution in [-0.2, 0) is 4.74 Å². The molecule has 5 aliphatic rings. The highest BCUT2D eigenvalue weighted by molar-refractivity contribution is 5.18. The summed E-state index contributed by atoms with van der Waals surface area (Å²) >= 11 is 0. The molecule has 5 fully saturated rings. The van der Waals surface area contributed by atoms with Crippen molar-refractivity contribution in [3.63, 3.8) is 0 Å². The SMILES string of the molecule is CC(C)(O)[C@@H]1CCC(C)([C@H]2CC[C@]3(C)C2CCC2[C@@]4(C)CC[C@H](O)C(C)(C)C4CC[C@]23C)O1. The fraction of sp³-hybridized carbons (Fsp3) is 1.00. The van der Waals surface area contributed by atoms with Crippen molar-refractivity contribution < 1.29 is 14.9 Å². The van der Waals surface area contributed by atoms with E-state index in [9.17, 15) is 10.2 Å². The maximum absolute atomic E-state index is 10.9. The number of ether oxygens (including phenoxy) is 1. The maximum Gasteiger partial charge on any atom is 0.0865 e. The molecular formula is C30H52O3. The second kappa shape index (κ2) is 7.22. The van der Waals surface area contributed by atoms with Crippen LogP contribution in [0.5, 0.6) is 0 Å². The van der Waals surface area contributed by atoms with Gasteiger partial charge in [0.2, 0.25) is 0 Å². The van der Waals surface area contributed by atoms with E-state index in [1.54, 1.807) is 0 Å². The van der Waals surface area contributed by atoms with Crippen LogP contribution in [0, 0.1) is 45.3 Å². The Labute approximate surface area is 203 Å². The molecular weight excluding hydrogens is 408 g/mol. The summed E-state index contributed by atoms with van der Waals surface area (Å²) in [4.78, 5) is 0. The van der Waals surface area contributed by atoms with Crippen molar-refractivity contribution >= 4 is 0 Å². The van der Waals surface area contributed by atoms with Gasteiger partial charge in [-0.25, -0.2) is 0 Å². The standard InChI is InChI=1S/C30H52O3/c1-25(2)21-12-17-29(7)22(27(21,5)15-13-23(25)31)10-9-19-20(11-16-28(19,29)6)30(8)18-14-24(33-30)26(3,4)32/h19-24,31-32H,9-18H2,1-8H3/t19?,20-,21?,22?,23-,24-,27-,28+,29+,30?/m0/s1. The summed E-state index contributed by atoms with van der Waals surface area (Å²) in [6.45, 7) is 18.8. The van der Waals surface area contributed by atoms with Crippen LogP contribution in [0.1, 0.15) is 120 Å². The van der Waals surface area contributed by atoms with Crippen molar-refractivity contribution in [2.75, 3.05) is 0 Å². The molecule has 1 saturated heterocycles. The minimum atomic E-state index is -0.755. The predicted octanol–water partition coefficient (Wildman–Crippen LogP) is 6.74. The number of rotatable bonds is 2. The molecule has 4 saturated carbocycles. The minimum absolute atomic E-state index is 0.0293. The topological polar surface area (TPSA) is 49.7 Å². The van der Waals surface area contributed by atoms with Gasteiger partial charge < -0.3 is 14.9 Å². The molecule has 0 radical (unpaired) electrons. The van der Waals surface area contributed by atoms with Gasteiger partial charge in [0.15, 0.2) is 0 Å². The van der Waals surface area contributed by atoms with Crippen molar-refractivity contribution in [2.24, 2.45) is 45.3 Å². The number of fused-ring (bicyclic) bond motifs is 5. The highest BCUT2D eigenvalue weighted by atomic mass is 16.5. The molecule has 10 atom stereocenters. The average Bonchev–Trinajstić information content (AvgIpc) is 3.27. The third-order valence-electron chi connectivity index (χ3n) is 13.3. The van der Waals surface area contributed by atoms with Crippen LogP contribution in [0.15, 0.2) is 0 Å². The van der Waals surface area contributed by atoms with E-state index in [-0.39, 0.29) is 23.2 Å². The summed E-state index contributed by atoms with van der Waals surface area (Å²) in [6.07, 6.45) is 11.9. The van der Waals surface area contributed by atoms with E-state index in [4.69, 9.17) is 4.74 Å². The van der Waals surface area contributed by atoms with E-state index in [1.807, 2.05) is 13.8 Å². The molecule has 0 amide bonds. The first-order valence-electron chi connectivity index (χ1n) is 14.2. The Hall–Kier alpha value is -0.120. The average molecular weight is 461 g/mol. The van der Waals surface area contributed by atoms with Gasteiger partial charge in [-0.3, -0.25) is 0 Å². The van der Waals surface area contributed by atoms with Crippen molar-refractivity contribution in [1.29, 1.82) is 0 Å². The van der Waals surface area contributed by atoms with E-state index >= 15 is 0 Å². The van der Waals surface area contributed by atoms with Crippen molar-refractivity contribution in [2.45, 2.75) is 143 Å². The normalized spacial score (nSPS) is 56.2. The van der Waals surface area contributed by atoms with Gasteiger partial charge in [-0.15, -0.1) is 0 Å². The van der Waals surface area contributed by atoms with Gasteiger partial charge in [0.1, 0.15) is 0 Å². The zero-order valence-corrected chi connectivity index (χ0v) is 22.8. The first-order chi connectivity index (χ1) is 15.1. The highest BCUT2D eigenvalue weighted by Crippen LogP contribution is 2.76. The molecule has 190 valence electrons. The smallest absolute Gasteiger partial charge is 0.0865 e. The minimum Gasteiger partial charge on any atom is -0.393 e. The summed E-state index contributed by atoms with van der Waals surface area (Å²) < 4.78 is 6.73. The molecule has 3 heteroatoms. The summed E-state index contributed by atoms with van der Waals surface area (Å²) in [5.41, 5.74) is 0.277. The molecule has 4 unspecified atom stereocenters. The summed E-state index contributed by atoms with van der Waals surface area (Å²) in [5, 5.41) is 21.5. The molecule has 0 aromatic heterocycles. The summed E-state index contributed by atoms with van der Waals surface area (Å²) in [6, 6.07) is 0. The molecule has 3 nitrogen and oxygen atoms in total. The summed E-state index contributed by atoms with van der Waals surface area (Å²) in [5.74, 6) is 2.73. The van der Waals surface area contributed by atoms with Gasteiger partial charge in [0.05, 0.1) is 23.4 Å². The van der Waals surface area contributed by atoms with Gasteiger partial charge in [-0.2, -0.15) is 0 Å². The van der Waals surface area contributed by atoms with E-state index in [0.717, 1.165) is 31.1 Å². The first-order valence-corrected chi connectivity index (χ1v) is 14.2. The number of aliphatic hydroxyl groups excluding tert-OH is 1. The van der Waals surface area contributed by atoms with Gasteiger partial charge in [0, 0.05) is 0 Å². The Bertz CT molecular complexity index is 784. The van der Waals surface area contributed by atoms with E-state index in [2.05, 4.69) is 41.5 Å². The summed E-state index contributed by atoms with van der Waals surface area (Å²) in [7, 11) is 0. The quantitative estimate of drug-likeness (QED) is 0.480. The lowest BCUT2D eigenvalue weighted by Crippen LogP contribution is -2.64. The molecule has 0 spiro atoms. The number of hydrogen-bond donors (Lipinski definition) is 2. The van der Waals surface area contributed by atoms with Crippen LogP contribution in [0.4, 0.5) is 0 Å². The van der Waals surface area contributed by atoms with Crippen LogP contribution in [-0.4, -0.2) is 33.6 Å². The van der Waals surface area contributed by atoms with Crippen molar-refractivity contribution in [3.05, 3.63) is 0 Å². The molecule has 0 aromatic rings. The Kier molecular flexibility index (Phi) is 5.38. The van der Waals surface area contributed by atoms with E-state index < -0.39 is 5.60 Å². The second-order valence-electron chi connectivity index (χ2n) is 15.3. The van der Waals surface area contributed by atoms with Crippen LogP contribution in [0.3, 0.4) is 0 Å². The van der Waals surface area contributed by atoms with Crippen LogP contribution in [0.2, 0.25) is 0 Å². The third-order valence-corrected chi connectivity index (χ3v) is 13.3. The third kappa shape index (κ3) is 3.16. The molecule has 1 aliphatic heterocycles. The molecule has 2 N–H and O–H groups in total. The molecule has 1 heterocycles. The lowest BCUT2D eigenvalue weighted by atomic mass is 9.35. The Morgan fingerprint density at radius 3 is 2.00 bits per heavy atom. The number of hydrogen-bond acceptors (Lipinski definition) is 3. The number of aliphatic hydroxyl groups is 2. The van der Waals surface area contributed by atoms with Gasteiger partial charge in [-0.1, -0.05) is 34.6 Å². The molecule has 0 aromatic carbocycles. The van der Waals surface area contributed by atoms with Crippen LogP contribution < -0.4 is 0 Å². The van der Waals surface area contributed by atoms with Gasteiger partial charge >= 0.3 is 0 Å². The second-order valence-corrected chi connectivity index (χ2v) is 15.3. The highest BCUT2D eigenvalue weighted by Gasteiger charge is 2.70. The zero-order valence-electron chi connectivity index (χ0n) is 22.8. The van der Waals surface area contributed by atoms with Crippen LogP contribution in [0.25, 0.3) is 0 Å². The maximum atomic E-state index is 10.9. The van der Waals surface area contributed by atoms with E-state index in [0.29, 0.717) is 28.1 Å². The molecule has 33 heavy (non-hydrogen) atoms. The monoisotopic (exact) mass is 460 g/mol. The Morgan fingerprint density at radius 2 is 1.36 bits per heavy atom. The largest absolute Gasteiger partial charge is 0.393 e. The zero-order chi connectivity index (χ0) is 24.2. The molecule has 0 bridgehead atoms. The van der Waals surface area contributed by atoms with Crippen LogP contribution >= 0.6 is 0 Å². The van der Waals surface area contributed by atoms with Crippen molar-refractivity contribution in [1.82, 2.24) is 0 Å². The fourth-order valence-electron chi connectivity index (χ4n) is 11.1. The van der Waals surface area contributed by atoms with Gasteiger partial charge in [-0.05, 0) is 130 Å². The fourth-order valence-corrected chi connectivity index (χ4v) is 11.1. The molecule has 4 aliphatic carbocycles. The van der Waals surface area contributed by atoms with Crippen molar-refractivity contribution in [3.8, 4) is 0 Å². The predicted molar refractivity (Wildman–Crippen MR) is 134 cm³/mol.